The lowest BCUT2D eigenvalue weighted by Gasteiger charge is -2.27. The Labute approximate surface area is 197 Å². The van der Waals surface area contributed by atoms with Gasteiger partial charge in [0.25, 0.3) is 5.91 Å². The molecule has 1 aliphatic rings. The highest BCUT2D eigenvalue weighted by atomic mass is 16.5. The molecule has 3 N–H and O–H groups in total. The fourth-order valence-corrected chi connectivity index (χ4v) is 3.58. The van der Waals surface area contributed by atoms with Gasteiger partial charge in [-0.25, -0.2) is 4.79 Å². The lowest BCUT2D eigenvalue weighted by molar-refractivity contribution is 0.0538. The fraction of sp³-hybridized carbons (Fsp3) is 0.200. The monoisotopic (exact) mass is 458 g/mol. The van der Waals surface area contributed by atoms with Crippen molar-refractivity contribution >= 4 is 34.1 Å². The molecule has 2 aromatic heterocycles. The van der Waals surface area contributed by atoms with Crippen molar-refractivity contribution in [3.8, 4) is 0 Å². The Morgan fingerprint density at radius 1 is 1.24 bits per heavy atom. The van der Waals surface area contributed by atoms with E-state index < -0.39 is 0 Å². The summed E-state index contributed by atoms with van der Waals surface area (Å²) in [6.07, 6.45) is 8.59. The van der Waals surface area contributed by atoms with Gasteiger partial charge in [0.2, 0.25) is 0 Å². The van der Waals surface area contributed by atoms with Crippen LogP contribution in [0.2, 0.25) is 0 Å². The van der Waals surface area contributed by atoms with Gasteiger partial charge in [-0.2, -0.15) is 5.10 Å². The number of H-pyrrole nitrogens is 1. The number of benzene rings is 1. The normalized spacial score (nSPS) is 14.7. The first kappa shape index (κ1) is 22.9. The molecular weight excluding hydrogens is 432 g/mol. The van der Waals surface area contributed by atoms with Crippen molar-refractivity contribution < 1.29 is 14.3 Å². The summed E-state index contributed by atoms with van der Waals surface area (Å²) in [5.74, 6) is -0.340. The van der Waals surface area contributed by atoms with Gasteiger partial charge in [-0.3, -0.25) is 14.9 Å². The summed E-state index contributed by atoms with van der Waals surface area (Å²) >= 11 is 0. The molecule has 0 radical (unpaired) electrons. The van der Waals surface area contributed by atoms with Crippen LogP contribution in [0.3, 0.4) is 0 Å². The topological polar surface area (TPSA) is 112 Å². The number of hydrogen-bond donors (Lipinski definition) is 3. The molecule has 0 bridgehead atoms. The number of urea groups is 1. The molecule has 1 aromatic carbocycles. The molecule has 3 aromatic rings. The van der Waals surface area contributed by atoms with Crippen LogP contribution in [0.15, 0.2) is 73.2 Å². The van der Waals surface area contributed by atoms with Crippen molar-refractivity contribution in [1.29, 1.82) is 0 Å². The molecule has 0 unspecified atom stereocenters. The molecule has 0 atom stereocenters. The van der Waals surface area contributed by atoms with Crippen LogP contribution < -0.4 is 10.6 Å². The average molecular weight is 459 g/mol. The SMILES string of the molecule is C=C/C(=C\C(=C/C)NC(=O)N1CCOCC1)c1ccc2[nH]nc(C(=O)Nc3cccnc3)c2c1. The number of carbonyl (C=O) groups is 2. The average Bonchev–Trinajstić information content (AvgIpc) is 3.31. The minimum Gasteiger partial charge on any atom is -0.378 e. The number of nitrogens with one attached hydrogen (secondary N) is 3. The van der Waals surface area contributed by atoms with Crippen LogP contribution in [-0.2, 0) is 4.74 Å². The van der Waals surface area contributed by atoms with Crippen molar-refractivity contribution in [1.82, 2.24) is 25.4 Å². The zero-order chi connectivity index (χ0) is 23.9. The van der Waals surface area contributed by atoms with Gasteiger partial charge < -0.3 is 20.3 Å². The maximum atomic E-state index is 12.8. The predicted octanol–water partition coefficient (Wildman–Crippen LogP) is 3.73. The van der Waals surface area contributed by atoms with Gasteiger partial charge in [-0.15, -0.1) is 0 Å². The predicted molar refractivity (Wildman–Crippen MR) is 131 cm³/mol. The van der Waals surface area contributed by atoms with Crippen LogP contribution in [0.5, 0.6) is 0 Å². The minimum absolute atomic E-state index is 0.171. The van der Waals surface area contributed by atoms with Crippen LogP contribution in [-0.4, -0.2) is 58.3 Å². The Balaban J connectivity index is 1.57. The highest BCUT2D eigenvalue weighted by Gasteiger charge is 2.18. The Kier molecular flexibility index (Phi) is 7.14. The van der Waals surface area contributed by atoms with E-state index in [9.17, 15) is 9.59 Å². The van der Waals surface area contributed by atoms with E-state index in [0.29, 0.717) is 43.1 Å². The Hall–Kier alpha value is -4.24. The summed E-state index contributed by atoms with van der Waals surface area (Å²) in [7, 11) is 0. The molecule has 3 heterocycles. The van der Waals surface area contributed by atoms with E-state index >= 15 is 0 Å². The lowest BCUT2D eigenvalue weighted by atomic mass is 10.0. The van der Waals surface area contributed by atoms with Crippen LogP contribution >= 0.6 is 0 Å². The van der Waals surface area contributed by atoms with Crippen molar-refractivity contribution in [2.24, 2.45) is 0 Å². The third-order valence-electron chi connectivity index (χ3n) is 5.42. The molecule has 9 nitrogen and oxygen atoms in total. The molecule has 1 fully saturated rings. The maximum Gasteiger partial charge on any atom is 0.321 e. The van der Waals surface area contributed by atoms with Gasteiger partial charge >= 0.3 is 6.03 Å². The highest BCUT2D eigenvalue weighted by molar-refractivity contribution is 6.11. The van der Waals surface area contributed by atoms with E-state index in [1.807, 2.05) is 37.3 Å². The van der Waals surface area contributed by atoms with Gasteiger partial charge in [0, 0.05) is 30.4 Å². The van der Waals surface area contributed by atoms with Crippen molar-refractivity contribution in [2.75, 3.05) is 31.6 Å². The molecule has 1 aliphatic heterocycles. The third-order valence-corrected chi connectivity index (χ3v) is 5.42. The van der Waals surface area contributed by atoms with Crippen molar-refractivity contribution in [2.45, 2.75) is 6.92 Å². The molecular formula is C25H26N6O3. The summed E-state index contributed by atoms with van der Waals surface area (Å²) in [4.78, 5) is 31.1. The largest absolute Gasteiger partial charge is 0.378 e. The van der Waals surface area contributed by atoms with Crippen LogP contribution in [0.1, 0.15) is 23.0 Å². The van der Waals surface area contributed by atoms with E-state index in [-0.39, 0.29) is 17.6 Å². The van der Waals surface area contributed by atoms with Crippen LogP contribution in [0, 0.1) is 0 Å². The number of allylic oxidation sites excluding steroid dienone is 4. The maximum absolute atomic E-state index is 12.8. The number of nitrogens with zero attached hydrogens (tertiary/aromatic N) is 3. The van der Waals surface area contributed by atoms with Gasteiger partial charge in [0.15, 0.2) is 5.69 Å². The number of anilines is 1. The van der Waals surface area contributed by atoms with E-state index in [2.05, 4.69) is 32.4 Å². The smallest absolute Gasteiger partial charge is 0.321 e. The summed E-state index contributed by atoms with van der Waals surface area (Å²) in [6.45, 7) is 7.97. The second-order valence-corrected chi connectivity index (χ2v) is 7.61. The zero-order valence-corrected chi connectivity index (χ0v) is 18.9. The van der Waals surface area contributed by atoms with E-state index in [1.165, 1.54) is 0 Å². The Morgan fingerprint density at radius 3 is 2.76 bits per heavy atom. The second-order valence-electron chi connectivity index (χ2n) is 7.61. The van der Waals surface area contributed by atoms with Crippen molar-refractivity contribution in [3.05, 3.63) is 84.5 Å². The number of hydrogen-bond acceptors (Lipinski definition) is 5. The third kappa shape index (κ3) is 5.21. The summed E-state index contributed by atoms with van der Waals surface area (Å²) in [5.41, 5.74) is 3.86. The second kappa shape index (κ2) is 10.6. The molecule has 0 saturated carbocycles. The van der Waals surface area contributed by atoms with Crippen molar-refractivity contribution in [3.63, 3.8) is 0 Å². The minimum atomic E-state index is -0.340. The first-order valence-corrected chi connectivity index (χ1v) is 10.9. The molecule has 3 amide bonds. The molecule has 9 heteroatoms. The van der Waals surface area contributed by atoms with Gasteiger partial charge in [-0.05, 0) is 48.4 Å². The number of aromatic amines is 1. The Morgan fingerprint density at radius 2 is 2.06 bits per heavy atom. The number of pyridine rings is 1. The first-order chi connectivity index (χ1) is 16.6. The van der Waals surface area contributed by atoms with E-state index in [0.717, 1.165) is 16.7 Å². The zero-order valence-electron chi connectivity index (χ0n) is 18.9. The van der Waals surface area contributed by atoms with E-state index in [4.69, 9.17) is 4.74 Å². The summed E-state index contributed by atoms with van der Waals surface area (Å²) < 4.78 is 5.31. The van der Waals surface area contributed by atoms with Crippen LogP contribution in [0.25, 0.3) is 16.5 Å². The first-order valence-electron chi connectivity index (χ1n) is 10.9. The molecule has 1 saturated heterocycles. The number of rotatable bonds is 6. The number of morpholine rings is 1. The molecule has 4 rings (SSSR count). The quantitative estimate of drug-likeness (QED) is 0.488. The number of aromatic nitrogens is 3. The molecule has 174 valence electrons. The molecule has 0 spiro atoms. The summed E-state index contributed by atoms with van der Waals surface area (Å²) in [5, 5.41) is 13.5. The fourth-order valence-electron chi connectivity index (χ4n) is 3.58. The molecule has 34 heavy (non-hydrogen) atoms. The lowest BCUT2D eigenvalue weighted by Crippen LogP contribution is -2.45. The Bertz CT molecular complexity index is 1260. The van der Waals surface area contributed by atoms with Crippen LogP contribution in [0.4, 0.5) is 10.5 Å². The highest BCUT2D eigenvalue weighted by Crippen LogP contribution is 2.24. The number of fused-ring (bicyclic) bond motifs is 1. The summed E-state index contributed by atoms with van der Waals surface area (Å²) in [6, 6.07) is 8.98. The number of ether oxygens (including phenoxy) is 1. The van der Waals surface area contributed by atoms with Gasteiger partial charge in [-0.1, -0.05) is 24.8 Å². The standard InChI is InChI=1S/C25H26N6O3/c1-3-17(14-19(4-2)28-25(33)31-10-12-34-13-11-31)18-7-8-22-21(15-18)23(30-29-22)24(32)27-20-6-5-9-26-16-20/h3-9,14-16H,1,10-13H2,2H3,(H,27,32)(H,28,33)(H,29,30)/b17-14+,19-4+. The molecule has 0 aliphatic carbocycles. The number of amides is 3. The van der Waals surface area contributed by atoms with Gasteiger partial charge in [0.05, 0.1) is 30.6 Å². The van der Waals surface area contributed by atoms with Gasteiger partial charge in [0.1, 0.15) is 0 Å². The number of carbonyl (C=O) groups excluding carboxylic acids is 2. The van der Waals surface area contributed by atoms with E-state index in [1.54, 1.807) is 35.5 Å².